The summed E-state index contributed by atoms with van der Waals surface area (Å²) in [6, 6.07) is 10.5. The fourth-order valence-electron chi connectivity index (χ4n) is 3.73. The third-order valence-corrected chi connectivity index (χ3v) is 5.30. The first-order valence-electron chi connectivity index (χ1n) is 9.53. The Morgan fingerprint density at radius 3 is 2.81 bits per heavy atom. The molecule has 1 N–H and O–H groups in total. The molecule has 0 bridgehead atoms. The highest BCUT2D eigenvalue weighted by molar-refractivity contribution is 5.63. The molecule has 142 valence electrons. The van der Waals surface area contributed by atoms with Gasteiger partial charge in [0.1, 0.15) is 5.75 Å². The Morgan fingerprint density at radius 1 is 1.30 bits per heavy atom. The maximum absolute atomic E-state index is 5.67. The standard InChI is InChI=1S/C21H26N4O2/c1-14(2)18-11-20(27-24-18)19-5-4-10-25(19)13-16-12-22-23-21(16)15-6-8-17(26-3)9-7-15/h6-9,11-12,14,19H,4-5,10,13H2,1-3H3,(H,22,23). The van der Waals surface area contributed by atoms with Gasteiger partial charge in [0.15, 0.2) is 5.76 Å². The minimum absolute atomic E-state index is 0.281. The lowest BCUT2D eigenvalue weighted by molar-refractivity contribution is 0.206. The number of hydrogen-bond acceptors (Lipinski definition) is 5. The predicted molar refractivity (Wildman–Crippen MR) is 104 cm³/mol. The molecule has 1 aliphatic rings. The number of rotatable bonds is 6. The third-order valence-electron chi connectivity index (χ3n) is 5.30. The Balaban J connectivity index is 1.54. The van der Waals surface area contributed by atoms with E-state index in [9.17, 15) is 0 Å². The summed E-state index contributed by atoms with van der Waals surface area (Å²) in [7, 11) is 1.68. The number of methoxy groups -OCH3 is 1. The molecule has 6 heteroatoms. The maximum atomic E-state index is 5.67. The van der Waals surface area contributed by atoms with Gasteiger partial charge in [0.2, 0.25) is 0 Å². The van der Waals surface area contributed by atoms with E-state index in [2.05, 4.69) is 52.3 Å². The van der Waals surface area contributed by atoms with E-state index in [1.807, 2.05) is 18.3 Å². The topological polar surface area (TPSA) is 67.2 Å². The third kappa shape index (κ3) is 3.62. The Bertz CT molecular complexity index is 882. The highest BCUT2D eigenvalue weighted by atomic mass is 16.5. The zero-order valence-corrected chi connectivity index (χ0v) is 16.1. The molecule has 0 spiro atoms. The summed E-state index contributed by atoms with van der Waals surface area (Å²) in [5, 5.41) is 11.7. The molecule has 27 heavy (non-hydrogen) atoms. The number of aromatic amines is 1. The van der Waals surface area contributed by atoms with E-state index in [-0.39, 0.29) is 6.04 Å². The number of H-pyrrole nitrogens is 1. The van der Waals surface area contributed by atoms with Crippen molar-refractivity contribution in [1.29, 1.82) is 0 Å². The monoisotopic (exact) mass is 366 g/mol. The van der Waals surface area contributed by atoms with Gasteiger partial charge in [-0.15, -0.1) is 0 Å². The molecule has 1 saturated heterocycles. The van der Waals surface area contributed by atoms with E-state index in [0.717, 1.165) is 54.4 Å². The lowest BCUT2D eigenvalue weighted by Crippen LogP contribution is -2.22. The van der Waals surface area contributed by atoms with Crippen molar-refractivity contribution in [2.24, 2.45) is 0 Å². The average Bonchev–Trinajstić information content (AvgIpc) is 3.42. The van der Waals surface area contributed by atoms with Gasteiger partial charge in [0.25, 0.3) is 0 Å². The maximum Gasteiger partial charge on any atom is 0.154 e. The normalized spacial score (nSPS) is 17.7. The van der Waals surface area contributed by atoms with Crippen molar-refractivity contribution in [1.82, 2.24) is 20.3 Å². The van der Waals surface area contributed by atoms with E-state index in [1.54, 1.807) is 7.11 Å². The Kier molecular flexibility index (Phi) is 4.99. The zero-order chi connectivity index (χ0) is 18.8. The molecule has 0 radical (unpaired) electrons. The van der Waals surface area contributed by atoms with Gasteiger partial charge in [-0.05, 0) is 49.6 Å². The van der Waals surface area contributed by atoms with Crippen LogP contribution in [0.15, 0.2) is 41.1 Å². The number of hydrogen-bond donors (Lipinski definition) is 1. The second kappa shape index (κ2) is 7.56. The first-order chi connectivity index (χ1) is 13.2. The quantitative estimate of drug-likeness (QED) is 0.694. The molecule has 1 aromatic carbocycles. The predicted octanol–water partition coefficient (Wildman–Crippen LogP) is 4.53. The van der Waals surface area contributed by atoms with E-state index < -0.39 is 0 Å². The van der Waals surface area contributed by atoms with Crippen molar-refractivity contribution in [2.45, 2.75) is 45.2 Å². The van der Waals surface area contributed by atoms with Crippen LogP contribution in [0, 0.1) is 0 Å². The van der Waals surface area contributed by atoms with Crippen LogP contribution in [0.3, 0.4) is 0 Å². The smallest absolute Gasteiger partial charge is 0.154 e. The lowest BCUT2D eigenvalue weighted by Gasteiger charge is -2.22. The minimum atomic E-state index is 0.281. The van der Waals surface area contributed by atoms with Crippen molar-refractivity contribution in [3.05, 3.63) is 53.5 Å². The van der Waals surface area contributed by atoms with E-state index in [1.165, 1.54) is 5.56 Å². The van der Waals surface area contributed by atoms with Gasteiger partial charge in [0, 0.05) is 23.7 Å². The van der Waals surface area contributed by atoms with Crippen LogP contribution in [0.5, 0.6) is 5.75 Å². The van der Waals surface area contributed by atoms with E-state index in [0.29, 0.717) is 5.92 Å². The highest BCUT2D eigenvalue weighted by Crippen LogP contribution is 2.35. The fourth-order valence-corrected chi connectivity index (χ4v) is 3.73. The van der Waals surface area contributed by atoms with Gasteiger partial charge < -0.3 is 9.26 Å². The summed E-state index contributed by atoms with van der Waals surface area (Å²) in [5.74, 6) is 2.21. The van der Waals surface area contributed by atoms with Gasteiger partial charge in [0.05, 0.1) is 30.7 Å². The molecular weight excluding hydrogens is 340 g/mol. The Labute approximate surface area is 159 Å². The molecule has 3 heterocycles. The van der Waals surface area contributed by atoms with Crippen molar-refractivity contribution >= 4 is 0 Å². The van der Waals surface area contributed by atoms with Gasteiger partial charge in [-0.2, -0.15) is 5.10 Å². The highest BCUT2D eigenvalue weighted by Gasteiger charge is 2.30. The van der Waals surface area contributed by atoms with Crippen LogP contribution < -0.4 is 4.74 Å². The van der Waals surface area contributed by atoms with Crippen molar-refractivity contribution in [2.75, 3.05) is 13.7 Å². The van der Waals surface area contributed by atoms with Crippen LogP contribution in [0.25, 0.3) is 11.3 Å². The van der Waals surface area contributed by atoms with Crippen LogP contribution in [-0.2, 0) is 6.54 Å². The molecule has 2 aromatic heterocycles. The van der Waals surface area contributed by atoms with Crippen molar-refractivity contribution < 1.29 is 9.26 Å². The summed E-state index contributed by atoms with van der Waals surface area (Å²) in [6.45, 7) is 6.16. The molecule has 0 aliphatic carbocycles. The summed E-state index contributed by atoms with van der Waals surface area (Å²) >= 11 is 0. The first kappa shape index (κ1) is 17.8. The van der Waals surface area contributed by atoms with Crippen LogP contribution in [0.4, 0.5) is 0 Å². The summed E-state index contributed by atoms with van der Waals surface area (Å²) < 4.78 is 10.9. The number of benzene rings is 1. The van der Waals surface area contributed by atoms with Crippen molar-refractivity contribution in [3.63, 3.8) is 0 Å². The molecule has 6 nitrogen and oxygen atoms in total. The Morgan fingerprint density at radius 2 is 2.11 bits per heavy atom. The molecule has 0 amide bonds. The molecule has 1 aliphatic heterocycles. The van der Waals surface area contributed by atoms with E-state index >= 15 is 0 Å². The number of aromatic nitrogens is 3. The first-order valence-corrected chi connectivity index (χ1v) is 9.53. The molecular formula is C21H26N4O2. The van der Waals surface area contributed by atoms with Gasteiger partial charge in [-0.3, -0.25) is 10.00 Å². The SMILES string of the molecule is COc1ccc(-c2[nH]ncc2CN2CCCC2c2cc(C(C)C)no2)cc1. The van der Waals surface area contributed by atoms with Gasteiger partial charge >= 0.3 is 0 Å². The van der Waals surface area contributed by atoms with Crippen LogP contribution in [-0.4, -0.2) is 33.9 Å². The molecule has 1 fully saturated rings. The molecule has 1 atom stereocenters. The number of ether oxygens (including phenoxy) is 1. The second-order valence-corrected chi connectivity index (χ2v) is 7.44. The number of nitrogens with zero attached hydrogens (tertiary/aromatic N) is 3. The Hall–Kier alpha value is -2.60. The average molecular weight is 366 g/mol. The fraction of sp³-hybridized carbons (Fsp3) is 0.429. The minimum Gasteiger partial charge on any atom is -0.497 e. The molecule has 4 rings (SSSR count). The molecule has 3 aromatic rings. The zero-order valence-electron chi connectivity index (χ0n) is 16.1. The van der Waals surface area contributed by atoms with Gasteiger partial charge in [-0.1, -0.05) is 19.0 Å². The summed E-state index contributed by atoms with van der Waals surface area (Å²) in [6.07, 6.45) is 4.19. The summed E-state index contributed by atoms with van der Waals surface area (Å²) in [4.78, 5) is 2.46. The molecule has 1 unspecified atom stereocenters. The summed E-state index contributed by atoms with van der Waals surface area (Å²) in [5.41, 5.74) is 4.39. The van der Waals surface area contributed by atoms with Gasteiger partial charge in [-0.25, -0.2) is 0 Å². The number of likely N-dealkylation sites (tertiary alicyclic amines) is 1. The van der Waals surface area contributed by atoms with Crippen molar-refractivity contribution in [3.8, 4) is 17.0 Å². The lowest BCUT2D eigenvalue weighted by atomic mass is 10.1. The molecule has 0 saturated carbocycles. The van der Waals surface area contributed by atoms with Crippen LogP contribution >= 0.6 is 0 Å². The van der Waals surface area contributed by atoms with E-state index in [4.69, 9.17) is 9.26 Å². The number of nitrogens with one attached hydrogen (secondary N) is 1. The van der Waals surface area contributed by atoms with Crippen LogP contribution in [0.2, 0.25) is 0 Å². The second-order valence-electron chi connectivity index (χ2n) is 7.44. The largest absolute Gasteiger partial charge is 0.497 e. The van der Waals surface area contributed by atoms with Crippen LogP contribution in [0.1, 0.15) is 55.7 Å².